The Labute approximate surface area is 106 Å². The topological polar surface area (TPSA) is 71.5 Å². The van der Waals surface area contributed by atoms with Crippen LogP contribution in [-0.2, 0) is 4.74 Å². The van der Waals surface area contributed by atoms with Crippen LogP contribution in [-0.4, -0.2) is 35.8 Å². The molecule has 1 saturated carbocycles. The van der Waals surface area contributed by atoms with E-state index < -0.39 is 0 Å². The molecule has 2 unspecified atom stereocenters. The van der Waals surface area contributed by atoms with Gasteiger partial charge in [-0.3, -0.25) is 0 Å². The third-order valence-electron chi connectivity index (χ3n) is 3.35. The number of pyridine rings is 1. The van der Waals surface area contributed by atoms with Gasteiger partial charge in [0.2, 0.25) is 0 Å². The lowest BCUT2D eigenvalue weighted by Crippen LogP contribution is -2.22. The maximum Gasteiger partial charge on any atom is 0.338 e. The summed E-state index contributed by atoms with van der Waals surface area (Å²) in [5.41, 5.74) is 0.474. The monoisotopic (exact) mass is 250 g/mol. The minimum absolute atomic E-state index is 0.221. The third-order valence-corrected chi connectivity index (χ3v) is 3.35. The van der Waals surface area contributed by atoms with Crippen LogP contribution in [0, 0.1) is 5.92 Å². The molecule has 2 atom stereocenters. The maximum atomic E-state index is 11.4. The summed E-state index contributed by atoms with van der Waals surface area (Å²) in [6.07, 6.45) is 4.33. The second kappa shape index (κ2) is 5.82. The summed E-state index contributed by atoms with van der Waals surface area (Å²) in [4.78, 5) is 15.5. The number of aliphatic hydroxyl groups excluding tert-OH is 1. The van der Waals surface area contributed by atoms with Crippen LogP contribution in [0.1, 0.15) is 29.6 Å². The second-order valence-corrected chi connectivity index (χ2v) is 4.56. The van der Waals surface area contributed by atoms with Crippen molar-refractivity contribution in [3.05, 3.63) is 23.9 Å². The smallest absolute Gasteiger partial charge is 0.338 e. The van der Waals surface area contributed by atoms with Gasteiger partial charge in [0.1, 0.15) is 5.82 Å². The molecule has 0 saturated heterocycles. The number of nitrogens with one attached hydrogen (secondary N) is 1. The molecular formula is C13H18N2O3. The van der Waals surface area contributed by atoms with Crippen molar-refractivity contribution in [2.75, 3.05) is 19.0 Å². The summed E-state index contributed by atoms with van der Waals surface area (Å²) < 4.78 is 4.65. The Morgan fingerprint density at radius 2 is 2.44 bits per heavy atom. The number of rotatable bonds is 4. The number of esters is 1. The summed E-state index contributed by atoms with van der Waals surface area (Å²) in [5.74, 6) is 0.534. The molecule has 0 aliphatic heterocycles. The first-order chi connectivity index (χ1) is 8.70. The van der Waals surface area contributed by atoms with Crippen LogP contribution in [0.3, 0.4) is 0 Å². The summed E-state index contributed by atoms with van der Waals surface area (Å²) in [6, 6.07) is 3.27. The Morgan fingerprint density at radius 1 is 1.61 bits per heavy atom. The molecule has 1 aromatic rings. The number of anilines is 1. The van der Waals surface area contributed by atoms with Gasteiger partial charge in [-0.05, 0) is 25.0 Å². The van der Waals surface area contributed by atoms with Crippen molar-refractivity contribution in [3.8, 4) is 0 Å². The fourth-order valence-corrected chi connectivity index (χ4v) is 2.26. The van der Waals surface area contributed by atoms with E-state index in [9.17, 15) is 9.90 Å². The van der Waals surface area contributed by atoms with Crippen LogP contribution in [0.5, 0.6) is 0 Å². The van der Waals surface area contributed by atoms with Crippen molar-refractivity contribution >= 4 is 11.8 Å². The van der Waals surface area contributed by atoms with E-state index in [1.165, 1.54) is 7.11 Å². The number of aliphatic hydroxyl groups is 1. The van der Waals surface area contributed by atoms with E-state index in [0.29, 0.717) is 17.9 Å². The largest absolute Gasteiger partial charge is 0.465 e. The molecule has 18 heavy (non-hydrogen) atoms. The van der Waals surface area contributed by atoms with Crippen LogP contribution >= 0.6 is 0 Å². The van der Waals surface area contributed by atoms with Gasteiger partial charge in [0.25, 0.3) is 0 Å². The van der Waals surface area contributed by atoms with Gasteiger partial charge >= 0.3 is 5.97 Å². The number of carbonyl (C=O) groups is 1. The van der Waals surface area contributed by atoms with Gasteiger partial charge < -0.3 is 15.2 Å². The van der Waals surface area contributed by atoms with Crippen LogP contribution in [0.15, 0.2) is 18.3 Å². The van der Waals surface area contributed by atoms with Crippen LogP contribution in [0.25, 0.3) is 0 Å². The van der Waals surface area contributed by atoms with Crippen molar-refractivity contribution in [2.45, 2.75) is 25.4 Å². The Balaban J connectivity index is 1.95. The average Bonchev–Trinajstić information content (AvgIpc) is 2.81. The molecule has 0 radical (unpaired) electrons. The minimum atomic E-state index is -0.374. The molecule has 0 amide bonds. The van der Waals surface area contributed by atoms with E-state index in [-0.39, 0.29) is 18.0 Å². The van der Waals surface area contributed by atoms with Crippen LogP contribution in [0.2, 0.25) is 0 Å². The van der Waals surface area contributed by atoms with Crippen molar-refractivity contribution in [3.63, 3.8) is 0 Å². The van der Waals surface area contributed by atoms with Gasteiger partial charge in [-0.2, -0.15) is 0 Å². The van der Waals surface area contributed by atoms with E-state index in [0.717, 1.165) is 19.3 Å². The number of hydrogen-bond acceptors (Lipinski definition) is 5. The molecule has 0 aromatic carbocycles. The zero-order valence-corrected chi connectivity index (χ0v) is 10.4. The molecule has 1 aromatic heterocycles. The van der Waals surface area contributed by atoms with E-state index in [1.807, 2.05) is 0 Å². The number of ether oxygens (including phenoxy) is 1. The first-order valence-corrected chi connectivity index (χ1v) is 6.17. The minimum Gasteiger partial charge on any atom is -0.465 e. The zero-order chi connectivity index (χ0) is 13.0. The van der Waals surface area contributed by atoms with Gasteiger partial charge in [0.05, 0.1) is 18.8 Å². The van der Waals surface area contributed by atoms with Crippen LogP contribution in [0.4, 0.5) is 5.82 Å². The summed E-state index contributed by atoms with van der Waals surface area (Å²) in [6.45, 7) is 0.679. The van der Waals surface area contributed by atoms with Gasteiger partial charge in [0, 0.05) is 18.7 Å². The van der Waals surface area contributed by atoms with E-state index in [1.54, 1.807) is 18.3 Å². The number of methoxy groups -OCH3 is 1. The molecule has 1 heterocycles. The highest BCUT2D eigenvalue weighted by molar-refractivity contribution is 5.89. The molecule has 1 aliphatic rings. The third kappa shape index (κ3) is 2.98. The first kappa shape index (κ1) is 12.8. The quantitative estimate of drug-likeness (QED) is 0.791. The fraction of sp³-hybridized carbons (Fsp3) is 0.538. The second-order valence-electron chi connectivity index (χ2n) is 4.56. The molecule has 2 N–H and O–H groups in total. The highest BCUT2D eigenvalue weighted by Crippen LogP contribution is 2.25. The van der Waals surface area contributed by atoms with Crippen molar-refractivity contribution in [2.24, 2.45) is 5.92 Å². The number of hydrogen-bond donors (Lipinski definition) is 2. The Morgan fingerprint density at radius 3 is 3.11 bits per heavy atom. The standard InChI is InChI=1S/C13H18N2O3/c1-18-13(17)9-5-6-14-12(7-9)15-8-10-3-2-4-11(10)16/h5-7,10-11,16H,2-4,8H2,1H3,(H,14,15). The lowest BCUT2D eigenvalue weighted by atomic mass is 10.1. The lowest BCUT2D eigenvalue weighted by molar-refractivity contribution is 0.0600. The van der Waals surface area contributed by atoms with Crippen LogP contribution < -0.4 is 5.32 Å². The highest BCUT2D eigenvalue weighted by atomic mass is 16.5. The summed E-state index contributed by atoms with van der Waals surface area (Å²) in [7, 11) is 1.35. The molecule has 1 aliphatic carbocycles. The Hall–Kier alpha value is -1.62. The normalized spacial score (nSPS) is 22.8. The molecule has 1 fully saturated rings. The van der Waals surface area contributed by atoms with E-state index in [4.69, 9.17) is 0 Å². The maximum absolute atomic E-state index is 11.4. The predicted molar refractivity (Wildman–Crippen MR) is 67.4 cm³/mol. The van der Waals surface area contributed by atoms with E-state index in [2.05, 4.69) is 15.0 Å². The Bertz CT molecular complexity index is 422. The zero-order valence-electron chi connectivity index (χ0n) is 10.4. The molecule has 98 valence electrons. The van der Waals surface area contributed by atoms with Gasteiger partial charge in [-0.25, -0.2) is 9.78 Å². The van der Waals surface area contributed by atoms with E-state index >= 15 is 0 Å². The van der Waals surface area contributed by atoms with Crippen molar-refractivity contribution in [1.29, 1.82) is 0 Å². The average molecular weight is 250 g/mol. The summed E-state index contributed by atoms with van der Waals surface area (Å²) >= 11 is 0. The number of nitrogens with zero attached hydrogens (tertiary/aromatic N) is 1. The predicted octanol–water partition coefficient (Wildman–Crippen LogP) is 1.44. The highest BCUT2D eigenvalue weighted by Gasteiger charge is 2.24. The molecule has 0 bridgehead atoms. The molecule has 5 heteroatoms. The molecule has 2 rings (SSSR count). The molecule has 0 spiro atoms. The molecule has 5 nitrogen and oxygen atoms in total. The fourth-order valence-electron chi connectivity index (χ4n) is 2.26. The summed E-state index contributed by atoms with van der Waals surface area (Å²) in [5, 5.41) is 12.9. The van der Waals surface area contributed by atoms with Gasteiger partial charge in [-0.1, -0.05) is 6.42 Å². The number of aromatic nitrogens is 1. The van der Waals surface area contributed by atoms with Gasteiger partial charge in [0.15, 0.2) is 0 Å². The lowest BCUT2D eigenvalue weighted by Gasteiger charge is -2.15. The first-order valence-electron chi connectivity index (χ1n) is 6.17. The SMILES string of the molecule is COC(=O)c1ccnc(NCC2CCCC2O)c1. The number of carbonyl (C=O) groups excluding carboxylic acids is 1. The van der Waals surface area contributed by atoms with Crippen molar-refractivity contribution in [1.82, 2.24) is 4.98 Å². The molecular weight excluding hydrogens is 232 g/mol. The van der Waals surface area contributed by atoms with Crippen molar-refractivity contribution < 1.29 is 14.6 Å². The van der Waals surface area contributed by atoms with Gasteiger partial charge in [-0.15, -0.1) is 0 Å². The Kier molecular flexibility index (Phi) is 4.15.